The molecule has 0 spiro atoms. The van der Waals surface area contributed by atoms with Gasteiger partial charge in [-0.05, 0) is 12.1 Å². The number of nitrogens with two attached hydrogens (primary N) is 1. The molecule has 2 amide bonds. The molecule has 2 aromatic rings. The third-order valence-corrected chi connectivity index (χ3v) is 4.55. The van der Waals surface area contributed by atoms with E-state index in [0.717, 1.165) is 6.20 Å². The number of aromatic nitrogens is 2. The number of carbonyl (C=O) groups is 2. The third-order valence-electron chi connectivity index (χ3n) is 4.55. The Morgan fingerprint density at radius 3 is 2.77 bits per heavy atom. The van der Waals surface area contributed by atoms with Gasteiger partial charge in [-0.25, -0.2) is 9.97 Å². The van der Waals surface area contributed by atoms with Crippen LogP contribution in [0.5, 0.6) is 0 Å². The van der Waals surface area contributed by atoms with Crippen molar-refractivity contribution in [3.05, 3.63) is 41.9 Å². The zero-order valence-electron chi connectivity index (χ0n) is 16.3. The Morgan fingerprint density at radius 2 is 2.16 bits per heavy atom. The molecule has 1 aromatic carbocycles. The molecular weight excluding hydrogens is 415 g/mol. The number of nitrogens with one attached hydrogen (secondary N) is 1. The summed E-state index contributed by atoms with van der Waals surface area (Å²) < 4.78 is 37.9. The maximum Gasteiger partial charge on any atom is 0.405 e. The lowest BCUT2D eigenvalue weighted by Gasteiger charge is -2.14. The van der Waals surface area contributed by atoms with Crippen molar-refractivity contribution in [3.63, 3.8) is 0 Å². The molecule has 0 unspecified atom stereocenters. The number of carbonyl (C=O) groups excluding carboxylic acids is 2. The third kappa shape index (κ3) is 5.10. The second kappa shape index (κ2) is 8.23. The Morgan fingerprint density at radius 1 is 1.42 bits per heavy atom. The first kappa shape index (κ1) is 22.0. The molecule has 31 heavy (non-hydrogen) atoms. The molecular formula is C20H18F3N5O3. The summed E-state index contributed by atoms with van der Waals surface area (Å²) in [4.78, 5) is 32.5. The molecule has 8 nitrogen and oxygen atoms in total. The Labute approximate surface area is 175 Å². The van der Waals surface area contributed by atoms with E-state index in [-0.39, 0.29) is 23.6 Å². The second-order valence-electron chi connectivity index (χ2n) is 6.96. The van der Waals surface area contributed by atoms with E-state index in [2.05, 4.69) is 27.1 Å². The highest BCUT2D eigenvalue weighted by molar-refractivity contribution is 5.91. The van der Waals surface area contributed by atoms with Crippen molar-refractivity contribution in [2.75, 3.05) is 25.5 Å². The van der Waals surface area contributed by atoms with Crippen LogP contribution in [0.25, 0.3) is 11.3 Å². The number of primary amides is 1. The van der Waals surface area contributed by atoms with Gasteiger partial charge in [-0.1, -0.05) is 24.0 Å². The number of halogens is 3. The van der Waals surface area contributed by atoms with Gasteiger partial charge in [0.1, 0.15) is 6.54 Å². The number of anilines is 1. The van der Waals surface area contributed by atoms with Crippen LogP contribution in [0, 0.1) is 11.8 Å². The summed E-state index contributed by atoms with van der Waals surface area (Å²) in [5.74, 6) is 3.48. The number of amides is 2. The van der Waals surface area contributed by atoms with Gasteiger partial charge in [0.25, 0.3) is 11.8 Å². The number of alkyl halides is 3. The molecule has 1 aromatic heterocycles. The fraction of sp³-hybridized carbons (Fsp3) is 0.300. The maximum atomic E-state index is 12.6. The fourth-order valence-corrected chi connectivity index (χ4v) is 2.93. The molecule has 1 aliphatic heterocycles. The highest BCUT2D eigenvalue weighted by atomic mass is 19.4. The summed E-state index contributed by atoms with van der Waals surface area (Å²) in [5, 5.41) is 12.6. The topological polar surface area (TPSA) is 121 Å². The first-order valence-corrected chi connectivity index (χ1v) is 9.07. The summed E-state index contributed by atoms with van der Waals surface area (Å²) >= 11 is 0. The second-order valence-corrected chi connectivity index (χ2v) is 6.96. The lowest BCUT2D eigenvalue weighted by atomic mass is 10.0. The minimum atomic E-state index is -4.48. The standard InChI is InChI=1S/C20H18F3N5O3/c1-28-8-7-19(31,18(28)30)6-5-12-3-2-4-13(9-12)15-14(26-11-20(21,22)23)10-25-17(27-15)16(24)29/h2-4,9-10,26,31H,7-8,11H2,1H3,(H2,24,29)/t19-/m1/s1. The van der Waals surface area contributed by atoms with Gasteiger partial charge < -0.3 is 21.1 Å². The maximum absolute atomic E-state index is 12.6. The van der Waals surface area contributed by atoms with Crippen LogP contribution in [0.4, 0.5) is 18.9 Å². The summed E-state index contributed by atoms with van der Waals surface area (Å²) in [6.07, 6.45) is -3.28. The van der Waals surface area contributed by atoms with Crippen molar-refractivity contribution >= 4 is 17.5 Å². The average Bonchev–Trinajstić information content (AvgIpc) is 2.98. The summed E-state index contributed by atoms with van der Waals surface area (Å²) in [7, 11) is 1.56. The quantitative estimate of drug-likeness (QED) is 0.623. The number of rotatable bonds is 4. The lowest BCUT2D eigenvalue weighted by molar-refractivity contribution is -0.137. The molecule has 0 aliphatic carbocycles. The van der Waals surface area contributed by atoms with E-state index in [9.17, 15) is 27.9 Å². The van der Waals surface area contributed by atoms with Crippen molar-refractivity contribution in [2.45, 2.75) is 18.2 Å². The van der Waals surface area contributed by atoms with Crippen LogP contribution in [0.15, 0.2) is 30.5 Å². The first-order valence-electron chi connectivity index (χ1n) is 9.07. The Hall–Kier alpha value is -3.65. The molecule has 0 bridgehead atoms. The zero-order chi connectivity index (χ0) is 22.8. The largest absolute Gasteiger partial charge is 0.405 e. The number of hydrogen-bond acceptors (Lipinski definition) is 6. The van der Waals surface area contributed by atoms with Gasteiger partial charge in [-0.2, -0.15) is 13.2 Å². The van der Waals surface area contributed by atoms with Crippen molar-refractivity contribution < 1.29 is 27.9 Å². The molecule has 1 aliphatic rings. The number of benzene rings is 1. The van der Waals surface area contributed by atoms with Crippen molar-refractivity contribution in [1.82, 2.24) is 14.9 Å². The first-order chi connectivity index (χ1) is 14.5. The highest BCUT2D eigenvalue weighted by Crippen LogP contribution is 2.28. The summed E-state index contributed by atoms with van der Waals surface area (Å²) in [5.41, 5.74) is 4.08. The molecule has 0 radical (unpaired) electrons. The van der Waals surface area contributed by atoms with Crippen LogP contribution in [0.3, 0.4) is 0 Å². The Kier molecular flexibility index (Phi) is 5.85. The molecule has 0 saturated carbocycles. The molecule has 162 valence electrons. The molecule has 1 fully saturated rings. The predicted octanol–water partition coefficient (Wildman–Crippen LogP) is 1.16. The van der Waals surface area contributed by atoms with E-state index < -0.39 is 30.1 Å². The van der Waals surface area contributed by atoms with Crippen molar-refractivity contribution in [3.8, 4) is 23.1 Å². The molecule has 1 saturated heterocycles. The van der Waals surface area contributed by atoms with E-state index in [1.165, 1.54) is 11.0 Å². The minimum absolute atomic E-state index is 0.0205. The predicted molar refractivity (Wildman–Crippen MR) is 105 cm³/mol. The van der Waals surface area contributed by atoms with E-state index >= 15 is 0 Å². The Bertz CT molecular complexity index is 1090. The molecule has 3 rings (SSSR count). The van der Waals surface area contributed by atoms with Gasteiger partial charge in [0.05, 0.1) is 17.6 Å². The van der Waals surface area contributed by atoms with E-state index in [0.29, 0.717) is 17.7 Å². The normalized spacial score (nSPS) is 18.5. The number of nitrogens with zero attached hydrogens (tertiary/aromatic N) is 3. The smallest absolute Gasteiger partial charge is 0.373 e. The van der Waals surface area contributed by atoms with E-state index in [1.54, 1.807) is 25.2 Å². The molecule has 1 atom stereocenters. The van der Waals surface area contributed by atoms with Gasteiger partial charge in [0.15, 0.2) is 0 Å². The van der Waals surface area contributed by atoms with Crippen LogP contribution >= 0.6 is 0 Å². The number of likely N-dealkylation sites (N-methyl/N-ethyl adjacent to an activating group) is 1. The number of hydrogen-bond donors (Lipinski definition) is 3. The van der Waals surface area contributed by atoms with Crippen LogP contribution < -0.4 is 11.1 Å². The van der Waals surface area contributed by atoms with Gasteiger partial charge >= 0.3 is 6.18 Å². The van der Waals surface area contributed by atoms with Gasteiger partial charge in [0.2, 0.25) is 11.4 Å². The van der Waals surface area contributed by atoms with Crippen LogP contribution in [-0.2, 0) is 4.79 Å². The zero-order valence-corrected chi connectivity index (χ0v) is 16.3. The Balaban J connectivity index is 1.98. The van der Waals surface area contributed by atoms with Crippen LogP contribution in [0.2, 0.25) is 0 Å². The molecule has 2 heterocycles. The van der Waals surface area contributed by atoms with Crippen molar-refractivity contribution in [2.24, 2.45) is 5.73 Å². The minimum Gasteiger partial charge on any atom is -0.373 e. The van der Waals surface area contributed by atoms with Crippen molar-refractivity contribution in [1.29, 1.82) is 0 Å². The monoisotopic (exact) mass is 433 g/mol. The summed E-state index contributed by atoms with van der Waals surface area (Å²) in [6, 6.07) is 6.24. The highest BCUT2D eigenvalue weighted by Gasteiger charge is 2.42. The van der Waals surface area contributed by atoms with Crippen LogP contribution in [0.1, 0.15) is 22.6 Å². The fourth-order valence-electron chi connectivity index (χ4n) is 2.93. The lowest BCUT2D eigenvalue weighted by Crippen LogP contribution is -2.37. The van der Waals surface area contributed by atoms with Gasteiger partial charge in [0, 0.05) is 31.1 Å². The molecule has 4 N–H and O–H groups in total. The molecule has 11 heteroatoms. The van der Waals surface area contributed by atoms with E-state index in [1.807, 2.05) is 0 Å². The number of likely N-dealkylation sites (tertiary alicyclic amines) is 1. The van der Waals surface area contributed by atoms with E-state index in [4.69, 9.17) is 5.73 Å². The average molecular weight is 433 g/mol. The number of aliphatic hydroxyl groups is 1. The summed E-state index contributed by atoms with van der Waals surface area (Å²) in [6.45, 7) is -0.962. The van der Waals surface area contributed by atoms with Gasteiger partial charge in [-0.3, -0.25) is 9.59 Å². The van der Waals surface area contributed by atoms with Gasteiger partial charge in [-0.15, -0.1) is 0 Å². The van der Waals surface area contributed by atoms with Crippen LogP contribution in [-0.4, -0.2) is 63.7 Å². The SMILES string of the molecule is CN1CC[C@](O)(C#Cc2cccc(-c3nc(C(N)=O)ncc3NCC(F)(F)F)c2)C1=O.